The number of likely N-dealkylation sites (tertiary alicyclic amines) is 1. The molecule has 28 heavy (non-hydrogen) atoms. The number of halogens is 3. The highest BCUT2D eigenvalue weighted by Crippen LogP contribution is 2.34. The number of carbonyl (C=O) groups excluding carboxylic acids is 1. The topological polar surface area (TPSA) is 50.5 Å². The van der Waals surface area contributed by atoms with Gasteiger partial charge in [0.05, 0.1) is 11.3 Å². The third-order valence-electron chi connectivity index (χ3n) is 5.04. The molecule has 0 aromatic carbocycles. The number of aromatic nitrogens is 3. The van der Waals surface area contributed by atoms with Crippen molar-refractivity contribution in [1.29, 1.82) is 0 Å². The largest absolute Gasteiger partial charge is 0.433 e. The van der Waals surface area contributed by atoms with Crippen LogP contribution in [0, 0.1) is 13.8 Å². The molecule has 4 heterocycles. The zero-order valence-corrected chi connectivity index (χ0v) is 16.3. The Labute approximate surface area is 163 Å². The number of hydrogen-bond acceptors (Lipinski definition) is 4. The summed E-state index contributed by atoms with van der Waals surface area (Å²) in [6, 6.07) is 4.52. The van der Waals surface area contributed by atoms with E-state index in [1.54, 1.807) is 17.9 Å². The number of alkyl halides is 3. The number of hydrogen-bond donors (Lipinski definition) is 0. The first-order chi connectivity index (χ1) is 13.2. The highest BCUT2D eigenvalue weighted by Gasteiger charge is 2.36. The summed E-state index contributed by atoms with van der Waals surface area (Å²) in [6.07, 6.45) is -3.34. The van der Waals surface area contributed by atoms with Crippen molar-refractivity contribution < 1.29 is 18.0 Å². The smallest absolute Gasteiger partial charge is 0.339 e. The molecular formula is C19H19F3N4OS. The molecular weight excluding hydrogens is 389 g/mol. The average Bonchev–Trinajstić information content (AvgIpc) is 3.24. The van der Waals surface area contributed by atoms with Crippen molar-refractivity contribution in [1.82, 2.24) is 19.5 Å². The summed E-state index contributed by atoms with van der Waals surface area (Å²) >= 11 is 1.53. The lowest BCUT2D eigenvalue weighted by Gasteiger charge is -2.31. The van der Waals surface area contributed by atoms with Gasteiger partial charge in [-0.1, -0.05) is 0 Å². The van der Waals surface area contributed by atoms with Crippen LogP contribution >= 0.6 is 11.3 Å². The number of amides is 1. The van der Waals surface area contributed by atoms with Crippen LogP contribution in [0.1, 0.15) is 51.1 Å². The predicted molar refractivity (Wildman–Crippen MR) is 99.7 cm³/mol. The van der Waals surface area contributed by atoms with E-state index in [1.165, 1.54) is 11.3 Å². The van der Waals surface area contributed by atoms with E-state index in [2.05, 4.69) is 10.1 Å². The molecule has 0 spiro atoms. The zero-order valence-electron chi connectivity index (χ0n) is 15.5. The van der Waals surface area contributed by atoms with Crippen LogP contribution < -0.4 is 0 Å². The van der Waals surface area contributed by atoms with E-state index in [0.717, 1.165) is 15.5 Å². The number of rotatable bonds is 2. The Morgan fingerprint density at radius 2 is 1.89 bits per heavy atom. The summed E-state index contributed by atoms with van der Waals surface area (Å²) in [7, 11) is 0. The van der Waals surface area contributed by atoms with Gasteiger partial charge in [0.1, 0.15) is 5.69 Å². The number of nitrogens with zero attached hydrogens (tertiary/aromatic N) is 4. The summed E-state index contributed by atoms with van der Waals surface area (Å²) in [4.78, 5) is 19.8. The molecule has 5 nitrogen and oxygen atoms in total. The van der Waals surface area contributed by atoms with Crippen molar-refractivity contribution in [2.24, 2.45) is 0 Å². The maximum absolute atomic E-state index is 13.5. The molecule has 0 saturated carbocycles. The lowest BCUT2D eigenvalue weighted by Crippen LogP contribution is -2.38. The Kier molecular flexibility index (Phi) is 4.65. The van der Waals surface area contributed by atoms with Crippen molar-refractivity contribution in [2.75, 3.05) is 13.1 Å². The van der Waals surface area contributed by atoms with Gasteiger partial charge in [-0.25, -0.2) is 9.50 Å². The van der Waals surface area contributed by atoms with Gasteiger partial charge in [-0.05, 0) is 38.8 Å². The van der Waals surface area contributed by atoms with Gasteiger partial charge in [0.25, 0.3) is 5.91 Å². The second-order valence-electron chi connectivity index (χ2n) is 7.13. The minimum absolute atomic E-state index is 0.0198. The van der Waals surface area contributed by atoms with E-state index in [-0.39, 0.29) is 17.5 Å². The van der Waals surface area contributed by atoms with Crippen LogP contribution in [0.2, 0.25) is 0 Å². The Balaban J connectivity index is 1.56. The lowest BCUT2D eigenvalue weighted by molar-refractivity contribution is -0.142. The van der Waals surface area contributed by atoms with Crippen molar-refractivity contribution in [2.45, 2.75) is 38.8 Å². The highest BCUT2D eigenvalue weighted by molar-refractivity contribution is 7.10. The summed E-state index contributed by atoms with van der Waals surface area (Å²) in [5, 5.41) is 5.76. The molecule has 1 aliphatic rings. The second kappa shape index (κ2) is 6.88. The Morgan fingerprint density at radius 3 is 2.50 bits per heavy atom. The van der Waals surface area contributed by atoms with Crippen LogP contribution in [0.4, 0.5) is 13.2 Å². The molecule has 4 rings (SSSR count). The fraction of sp³-hybridized carbons (Fsp3) is 0.421. The van der Waals surface area contributed by atoms with Gasteiger partial charge in [0.15, 0.2) is 5.65 Å². The summed E-state index contributed by atoms with van der Waals surface area (Å²) < 4.78 is 41.3. The summed E-state index contributed by atoms with van der Waals surface area (Å²) in [5.74, 6) is -0.136. The number of carbonyl (C=O) groups is 1. The van der Waals surface area contributed by atoms with Crippen LogP contribution in [0.15, 0.2) is 23.6 Å². The first-order valence-corrected chi connectivity index (χ1v) is 9.89. The maximum Gasteiger partial charge on any atom is 0.433 e. The Hall–Kier alpha value is -2.42. The van der Waals surface area contributed by atoms with Crippen molar-refractivity contribution in [3.05, 3.63) is 51.1 Å². The van der Waals surface area contributed by atoms with Gasteiger partial charge in [-0.2, -0.15) is 18.3 Å². The second-order valence-corrected chi connectivity index (χ2v) is 8.25. The molecule has 3 aromatic heterocycles. The third kappa shape index (κ3) is 3.50. The van der Waals surface area contributed by atoms with E-state index >= 15 is 0 Å². The lowest BCUT2D eigenvalue weighted by atomic mass is 9.92. The van der Waals surface area contributed by atoms with Gasteiger partial charge in [0.2, 0.25) is 0 Å². The van der Waals surface area contributed by atoms with E-state index in [0.29, 0.717) is 42.9 Å². The molecule has 0 aliphatic carbocycles. The normalized spacial score (nSPS) is 16.1. The van der Waals surface area contributed by atoms with E-state index in [9.17, 15) is 18.0 Å². The first kappa shape index (κ1) is 18.9. The minimum Gasteiger partial charge on any atom is -0.339 e. The van der Waals surface area contributed by atoms with Gasteiger partial charge >= 0.3 is 6.18 Å². The molecule has 0 N–H and O–H groups in total. The van der Waals surface area contributed by atoms with Crippen molar-refractivity contribution in [3.8, 4) is 0 Å². The van der Waals surface area contributed by atoms with Crippen LogP contribution in [0.5, 0.6) is 0 Å². The molecule has 0 atom stereocenters. The third-order valence-corrected chi connectivity index (χ3v) is 5.90. The number of piperidine rings is 1. The van der Waals surface area contributed by atoms with E-state index in [1.807, 2.05) is 18.4 Å². The van der Waals surface area contributed by atoms with Crippen molar-refractivity contribution in [3.63, 3.8) is 0 Å². The van der Waals surface area contributed by atoms with Crippen LogP contribution in [0.25, 0.3) is 5.65 Å². The van der Waals surface area contributed by atoms with Crippen LogP contribution in [-0.4, -0.2) is 38.5 Å². The highest BCUT2D eigenvalue weighted by atomic mass is 32.1. The quantitative estimate of drug-likeness (QED) is 0.630. The Morgan fingerprint density at radius 1 is 1.18 bits per heavy atom. The van der Waals surface area contributed by atoms with Crippen LogP contribution in [0.3, 0.4) is 0 Å². The van der Waals surface area contributed by atoms with Gasteiger partial charge in [0, 0.05) is 41.0 Å². The fourth-order valence-corrected chi connectivity index (χ4v) is 4.31. The monoisotopic (exact) mass is 408 g/mol. The molecule has 0 unspecified atom stereocenters. The summed E-state index contributed by atoms with van der Waals surface area (Å²) in [5.41, 5.74) is 0.969. The van der Waals surface area contributed by atoms with Crippen LogP contribution in [-0.2, 0) is 6.18 Å². The Bertz CT molecular complexity index is 1030. The molecule has 0 bridgehead atoms. The molecule has 1 fully saturated rings. The molecule has 3 aromatic rings. The molecule has 0 radical (unpaired) electrons. The SMILES string of the molecule is Cc1cc2nc(C3CCN(C(=O)c4csc(C)c4)CC3)cc(C(F)(F)F)n2n1. The van der Waals surface area contributed by atoms with Gasteiger partial charge in [-0.3, -0.25) is 4.79 Å². The summed E-state index contributed by atoms with van der Waals surface area (Å²) in [6.45, 7) is 4.60. The minimum atomic E-state index is -4.51. The number of thiophene rings is 1. The van der Waals surface area contributed by atoms with E-state index < -0.39 is 11.9 Å². The molecule has 1 saturated heterocycles. The van der Waals surface area contributed by atoms with Gasteiger partial charge < -0.3 is 4.90 Å². The van der Waals surface area contributed by atoms with E-state index in [4.69, 9.17) is 0 Å². The molecule has 148 valence electrons. The number of fused-ring (bicyclic) bond motifs is 1. The standard InChI is InChI=1S/C19H19F3N4OS/c1-11-7-17-23-15(9-16(19(20,21)22)26(17)24-11)13-3-5-25(6-4-13)18(27)14-8-12(2)28-10-14/h7-10,13H,3-6H2,1-2H3. The van der Waals surface area contributed by atoms with Gasteiger partial charge in [-0.15, -0.1) is 11.3 Å². The predicted octanol–water partition coefficient (Wildman–Crippen LogP) is 4.45. The fourth-order valence-electron chi connectivity index (χ4n) is 3.64. The number of aryl methyl sites for hydroxylation is 2. The zero-order chi connectivity index (χ0) is 20.1. The first-order valence-electron chi connectivity index (χ1n) is 9.01. The molecule has 1 amide bonds. The molecule has 1 aliphatic heterocycles. The van der Waals surface area contributed by atoms with Crippen molar-refractivity contribution >= 4 is 22.9 Å². The maximum atomic E-state index is 13.5. The molecule has 9 heteroatoms. The average molecular weight is 408 g/mol.